The molecule has 1 aliphatic heterocycles. The maximum atomic E-state index is 12.8. The van der Waals surface area contributed by atoms with Crippen LogP contribution in [-0.2, 0) is 9.59 Å². The van der Waals surface area contributed by atoms with E-state index in [1.54, 1.807) is 12.1 Å². The van der Waals surface area contributed by atoms with Crippen molar-refractivity contribution in [2.75, 3.05) is 4.90 Å². The van der Waals surface area contributed by atoms with Crippen molar-refractivity contribution in [2.24, 2.45) is 0 Å². The third-order valence-corrected chi connectivity index (χ3v) is 3.96. The Bertz CT molecular complexity index is 1010. The molecule has 0 aliphatic carbocycles. The normalized spacial score (nSPS) is 15.9. The van der Waals surface area contributed by atoms with Crippen LogP contribution < -0.4 is 10.2 Å². The smallest absolute Gasteiger partial charge is 0.273 e. The number of non-ortho nitro benzene ring substituents is 1. The minimum Gasteiger partial charge on any atom is -0.273 e. The Labute approximate surface area is 154 Å². The van der Waals surface area contributed by atoms with Gasteiger partial charge in [0.15, 0.2) is 0 Å². The van der Waals surface area contributed by atoms with Crippen LogP contribution in [0.15, 0.2) is 48.0 Å². The number of barbiturate groups is 1. The lowest BCUT2D eigenvalue weighted by Gasteiger charge is -2.27. The SMILES string of the molecule is Cc1cc(C)cc(N2C(=O)NC(=O)/C(=C\c3cccc([N+](=O)[O-])c3)C2=O)c1. The second kappa shape index (κ2) is 6.83. The summed E-state index contributed by atoms with van der Waals surface area (Å²) >= 11 is 0. The van der Waals surface area contributed by atoms with E-state index in [4.69, 9.17) is 0 Å². The van der Waals surface area contributed by atoms with Gasteiger partial charge in [0.1, 0.15) is 5.57 Å². The quantitative estimate of drug-likeness (QED) is 0.389. The summed E-state index contributed by atoms with van der Waals surface area (Å²) in [6.45, 7) is 3.65. The lowest BCUT2D eigenvalue weighted by atomic mass is 10.1. The predicted octanol–water partition coefficient (Wildman–Crippen LogP) is 2.88. The van der Waals surface area contributed by atoms with Crippen molar-refractivity contribution in [3.05, 3.63) is 74.8 Å². The zero-order chi connectivity index (χ0) is 19.7. The number of aryl methyl sites for hydroxylation is 2. The zero-order valence-electron chi connectivity index (χ0n) is 14.6. The fraction of sp³-hybridized carbons (Fsp3) is 0.105. The molecule has 2 aromatic rings. The highest BCUT2D eigenvalue weighted by atomic mass is 16.6. The van der Waals surface area contributed by atoms with Crippen molar-refractivity contribution in [2.45, 2.75) is 13.8 Å². The minimum absolute atomic E-state index is 0.171. The first-order chi connectivity index (χ1) is 12.8. The molecule has 0 saturated carbocycles. The molecule has 27 heavy (non-hydrogen) atoms. The molecule has 3 rings (SSSR count). The molecule has 8 heteroatoms. The first-order valence-corrected chi connectivity index (χ1v) is 8.00. The van der Waals surface area contributed by atoms with Gasteiger partial charge in [-0.3, -0.25) is 25.0 Å². The molecular weight excluding hydrogens is 350 g/mol. The second-order valence-electron chi connectivity index (χ2n) is 6.16. The summed E-state index contributed by atoms with van der Waals surface area (Å²) in [5.41, 5.74) is 1.90. The number of amides is 4. The van der Waals surface area contributed by atoms with E-state index in [0.29, 0.717) is 11.3 Å². The molecule has 4 amide bonds. The average molecular weight is 365 g/mol. The van der Waals surface area contributed by atoms with E-state index in [-0.39, 0.29) is 11.3 Å². The molecule has 1 saturated heterocycles. The molecule has 8 nitrogen and oxygen atoms in total. The number of benzene rings is 2. The number of imide groups is 2. The van der Waals surface area contributed by atoms with E-state index in [1.165, 1.54) is 30.3 Å². The van der Waals surface area contributed by atoms with Crippen molar-refractivity contribution >= 4 is 35.3 Å². The molecular formula is C19H15N3O5. The van der Waals surface area contributed by atoms with Crippen molar-refractivity contribution in [3.63, 3.8) is 0 Å². The van der Waals surface area contributed by atoms with Gasteiger partial charge in [-0.15, -0.1) is 0 Å². The van der Waals surface area contributed by atoms with Gasteiger partial charge in [-0.05, 0) is 48.7 Å². The highest BCUT2D eigenvalue weighted by Crippen LogP contribution is 2.25. The molecule has 0 spiro atoms. The van der Waals surface area contributed by atoms with Gasteiger partial charge < -0.3 is 0 Å². The lowest BCUT2D eigenvalue weighted by molar-refractivity contribution is -0.384. The number of nitro benzene ring substituents is 1. The van der Waals surface area contributed by atoms with Crippen molar-refractivity contribution in [1.29, 1.82) is 0 Å². The van der Waals surface area contributed by atoms with Gasteiger partial charge in [0.25, 0.3) is 17.5 Å². The summed E-state index contributed by atoms with van der Waals surface area (Å²) < 4.78 is 0. The summed E-state index contributed by atoms with van der Waals surface area (Å²) in [4.78, 5) is 48.4. The zero-order valence-corrected chi connectivity index (χ0v) is 14.6. The maximum absolute atomic E-state index is 12.8. The predicted molar refractivity (Wildman–Crippen MR) is 98.0 cm³/mol. The molecule has 2 aromatic carbocycles. The third kappa shape index (κ3) is 3.59. The molecule has 136 valence electrons. The molecule has 0 radical (unpaired) electrons. The highest BCUT2D eigenvalue weighted by Gasteiger charge is 2.37. The highest BCUT2D eigenvalue weighted by molar-refractivity contribution is 6.39. The summed E-state index contributed by atoms with van der Waals surface area (Å²) in [7, 11) is 0. The number of hydrogen-bond donors (Lipinski definition) is 1. The van der Waals surface area contributed by atoms with Gasteiger partial charge >= 0.3 is 6.03 Å². The molecule has 1 heterocycles. The molecule has 0 aromatic heterocycles. The topological polar surface area (TPSA) is 110 Å². The Balaban J connectivity index is 2.04. The van der Waals surface area contributed by atoms with Gasteiger partial charge in [0.05, 0.1) is 10.6 Å². The van der Waals surface area contributed by atoms with Crippen LogP contribution in [0.3, 0.4) is 0 Å². The number of rotatable bonds is 3. The molecule has 1 aliphatic rings. The van der Waals surface area contributed by atoms with Crippen LogP contribution in [0, 0.1) is 24.0 Å². The van der Waals surface area contributed by atoms with E-state index < -0.39 is 22.8 Å². The largest absolute Gasteiger partial charge is 0.335 e. The molecule has 0 atom stereocenters. The van der Waals surface area contributed by atoms with Gasteiger partial charge in [-0.1, -0.05) is 18.2 Å². The van der Waals surface area contributed by atoms with Gasteiger partial charge in [0, 0.05) is 12.1 Å². The van der Waals surface area contributed by atoms with Crippen molar-refractivity contribution in [1.82, 2.24) is 5.32 Å². The van der Waals surface area contributed by atoms with E-state index in [2.05, 4.69) is 5.32 Å². The maximum Gasteiger partial charge on any atom is 0.335 e. The Hall–Kier alpha value is -3.81. The minimum atomic E-state index is -0.850. The molecule has 1 N–H and O–H groups in total. The molecule has 0 bridgehead atoms. The summed E-state index contributed by atoms with van der Waals surface area (Å²) in [6, 6.07) is 9.88. The first kappa shape index (κ1) is 18.0. The summed E-state index contributed by atoms with van der Waals surface area (Å²) in [6.07, 6.45) is 1.23. The van der Waals surface area contributed by atoms with Crippen LogP contribution >= 0.6 is 0 Å². The van der Waals surface area contributed by atoms with E-state index in [0.717, 1.165) is 16.0 Å². The first-order valence-electron chi connectivity index (χ1n) is 8.00. The Morgan fingerprint density at radius 1 is 1.04 bits per heavy atom. The van der Waals surface area contributed by atoms with E-state index >= 15 is 0 Å². The van der Waals surface area contributed by atoms with E-state index in [9.17, 15) is 24.5 Å². The molecule has 0 unspecified atom stereocenters. The van der Waals surface area contributed by atoms with Crippen LogP contribution in [0.4, 0.5) is 16.2 Å². The Morgan fingerprint density at radius 3 is 2.33 bits per heavy atom. The van der Waals surface area contributed by atoms with Crippen LogP contribution in [0.25, 0.3) is 6.08 Å². The second-order valence-corrected chi connectivity index (χ2v) is 6.16. The van der Waals surface area contributed by atoms with E-state index in [1.807, 2.05) is 19.9 Å². The standard InChI is InChI=1S/C19H15N3O5/c1-11-6-12(2)8-15(7-11)21-18(24)16(17(23)20-19(21)25)10-13-4-3-5-14(9-13)22(26)27/h3-10H,1-2H3,(H,20,23,25)/b16-10+. The number of urea groups is 1. The van der Waals surface area contributed by atoms with Crippen LogP contribution in [0.5, 0.6) is 0 Å². The van der Waals surface area contributed by atoms with Crippen LogP contribution in [0.1, 0.15) is 16.7 Å². The van der Waals surface area contributed by atoms with Gasteiger partial charge in [0.2, 0.25) is 0 Å². The third-order valence-electron chi connectivity index (χ3n) is 3.96. The fourth-order valence-corrected chi connectivity index (χ4v) is 2.87. The van der Waals surface area contributed by atoms with Crippen molar-refractivity contribution < 1.29 is 19.3 Å². The van der Waals surface area contributed by atoms with Crippen LogP contribution in [0.2, 0.25) is 0 Å². The number of anilines is 1. The summed E-state index contributed by atoms with van der Waals surface area (Å²) in [5.74, 6) is -1.64. The number of carbonyl (C=O) groups excluding carboxylic acids is 3. The van der Waals surface area contributed by atoms with Gasteiger partial charge in [-0.2, -0.15) is 0 Å². The number of nitrogens with one attached hydrogen (secondary N) is 1. The molecule has 1 fully saturated rings. The fourth-order valence-electron chi connectivity index (χ4n) is 2.87. The van der Waals surface area contributed by atoms with Crippen molar-refractivity contribution in [3.8, 4) is 0 Å². The number of nitrogens with zero attached hydrogens (tertiary/aromatic N) is 2. The Kier molecular flexibility index (Phi) is 4.55. The number of nitro groups is 1. The van der Waals surface area contributed by atoms with Gasteiger partial charge in [-0.25, -0.2) is 9.69 Å². The number of hydrogen-bond acceptors (Lipinski definition) is 5. The monoisotopic (exact) mass is 365 g/mol. The number of carbonyl (C=O) groups is 3. The lowest BCUT2D eigenvalue weighted by Crippen LogP contribution is -2.54. The van der Waals surface area contributed by atoms with Crippen LogP contribution in [-0.4, -0.2) is 22.8 Å². The Morgan fingerprint density at radius 2 is 1.70 bits per heavy atom. The summed E-state index contributed by atoms with van der Waals surface area (Å²) in [5, 5.41) is 13.0. The average Bonchev–Trinajstić information content (AvgIpc) is 2.58.